The zero-order valence-corrected chi connectivity index (χ0v) is 9.48. The lowest BCUT2D eigenvalue weighted by Crippen LogP contribution is -2.21. The maximum atomic E-state index is 11.5. The minimum Gasteiger partial charge on any atom is -0.395 e. The van der Waals surface area contributed by atoms with E-state index >= 15 is 0 Å². The molecule has 0 aliphatic heterocycles. The second kappa shape index (κ2) is 5.09. The Hall–Kier alpha value is -1.40. The smallest absolute Gasteiger partial charge is 0.341 e. The first-order valence-electron chi connectivity index (χ1n) is 4.61. The first kappa shape index (κ1) is 12.7. The van der Waals surface area contributed by atoms with Crippen molar-refractivity contribution in [2.45, 2.75) is 11.8 Å². The molecule has 88 valence electrons. The fraction of sp³-hybridized carbons (Fsp3) is 0.300. The van der Waals surface area contributed by atoms with Gasteiger partial charge in [-0.25, -0.2) is 0 Å². The summed E-state index contributed by atoms with van der Waals surface area (Å²) in [7, 11) is -4.08. The van der Waals surface area contributed by atoms with E-state index in [9.17, 15) is 13.2 Å². The second-order valence-electron chi connectivity index (χ2n) is 3.25. The van der Waals surface area contributed by atoms with Gasteiger partial charge in [-0.15, -0.1) is 0 Å². The number of carbonyl (C=O) groups excluding carboxylic acids is 1. The van der Waals surface area contributed by atoms with Gasteiger partial charge in [-0.05, 0) is 19.1 Å². The predicted octanol–water partition coefficient (Wildman–Crippen LogP) is 0.547. The number of hydrogen-bond donors (Lipinski definition) is 1. The van der Waals surface area contributed by atoms with E-state index < -0.39 is 28.6 Å². The first-order chi connectivity index (χ1) is 7.47. The molecule has 0 radical (unpaired) electrons. The summed E-state index contributed by atoms with van der Waals surface area (Å²) in [4.78, 5) is 11.1. The van der Waals surface area contributed by atoms with Gasteiger partial charge < -0.3 is 9.29 Å². The minimum absolute atomic E-state index is 0.0894. The summed E-state index contributed by atoms with van der Waals surface area (Å²) in [6.07, 6.45) is 0. The topological polar surface area (TPSA) is 80.7 Å². The number of hydrogen-bond acceptors (Lipinski definition) is 5. The van der Waals surface area contributed by atoms with E-state index in [4.69, 9.17) is 5.11 Å². The van der Waals surface area contributed by atoms with Crippen LogP contribution in [0, 0.1) is 5.92 Å². The van der Waals surface area contributed by atoms with Crippen molar-refractivity contribution >= 4 is 16.1 Å². The van der Waals surface area contributed by atoms with E-state index in [1.165, 1.54) is 31.2 Å². The quantitative estimate of drug-likeness (QED) is 0.782. The molecule has 5 nitrogen and oxygen atoms in total. The lowest BCUT2D eigenvalue weighted by atomic mass is 10.2. The highest BCUT2D eigenvalue weighted by Crippen LogP contribution is 2.13. The van der Waals surface area contributed by atoms with Crippen molar-refractivity contribution in [2.24, 2.45) is 5.92 Å². The average Bonchev–Trinajstić information content (AvgIpc) is 2.28. The molecule has 0 aromatic heterocycles. The number of aliphatic hydroxyl groups excluding tert-OH is 1. The Morgan fingerprint density at radius 2 is 1.94 bits per heavy atom. The Balaban J connectivity index is 2.86. The summed E-state index contributed by atoms with van der Waals surface area (Å²) in [6.45, 7) is 0.923. The summed E-state index contributed by atoms with van der Waals surface area (Å²) in [5.74, 6) is -1.83. The molecule has 1 N–H and O–H groups in total. The van der Waals surface area contributed by atoms with Gasteiger partial charge in [-0.2, -0.15) is 8.42 Å². The van der Waals surface area contributed by atoms with Crippen LogP contribution in [0.15, 0.2) is 35.2 Å². The molecule has 1 atom stereocenters. The molecule has 1 aromatic carbocycles. The average molecular weight is 244 g/mol. The molecular formula is C10H12O5S. The minimum atomic E-state index is -4.08. The third-order valence-corrected chi connectivity index (χ3v) is 3.13. The summed E-state index contributed by atoms with van der Waals surface area (Å²) >= 11 is 0. The second-order valence-corrected chi connectivity index (χ2v) is 4.80. The van der Waals surface area contributed by atoms with Gasteiger partial charge in [0, 0.05) is 0 Å². The molecule has 0 saturated carbocycles. The normalized spacial score (nSPS) is 13.1. The SMILES string of the molecule is CC(CO)C(=O)OS(=O)(=O)c1ccccc1. The van der Waals surface area contributed by atoms with Gasteiger partial charge in [0.15, 0.2) is 0 Å². The maximum Gasteiger partial charge on any atom is 0.341 e. The predicted molar refractivity (Wildman–Crippen MR) is 56.0 cm³/mol. The summed E-state index contributed by atoms with van der Waals surface area (Å²) in [5.41, 5.74) is 0. The van der Waals surface area contributed by atoms with Crippen LogP contribution >= 0.6 is 0 Å². The third kappa shape index (κ3) is 3.04. The van der Waals surface area contributed by atoms with Crippen molar-refractivity contribution in [1.29, 1.82) is 0 Å². The van der Waals surface area contributed by atoms with Gasteiger partial charge in [0.1, 0.15) is 4.90 Å². The van der Waals surface area contributed by atoms with E-state index in [-0.39, 0.29) is 4.90 Å². The Labute approximate surface area is 93.8 Å². The Morgan fingerprint density at radius 3 is 2.44 bits per heavy atom. The molecule has 0 aliphatic rings. The largest absolute Gasteiger partial charge is 0.395 e. The Morgan fingerprint density at radius 1 is 1.38 bits per heavy atom. The van der Waals surface area contributed by atoms with Crippen LogP contribution < -0.4 is 0 Å². The molecule has 16 heavy (non-hydrogen) atoms. The standard InChI is InChI=1S/C10H12O5S/c1-8(7-11)10(12)15-16(13,14)9-5-3-2-4-6-9/h2-6,8,11H,7H2,1H3. The van der Waals surface area contributed by atoms with Gasteiger partial charge in [0.05, 0.1) is 12.5 Å². The van der Waals surface area contributed by atoms with Crippen LogP contribution in [0.4, 0.5) is 0 Å². The molecule has 1 aromatic rings. The van der Waals surface area contributed by atoms with Crippen molar-refractivity contribution < 1.29 is 22.5 Å². The highest BCUT2D eigenvalue weighted by molar-refractivity contribution is 7.87. The van der Waals surface area contributed by atoms with E-state index in [1.807, 2.05) is 0 Å². The number of aliphatic hydroxyl groups is 1. The lowest BCUT2D eigenvalue weighted by molar-refractivity contribution is -0.138. The van der Waals surface area contributed by atoms with Crippen LogP contribution in [0.2, 0.25) is 0 Å². The molecule has 0 heterocycles. The molecule has 0 fully saturated rings. The number of benzene rings is 1. The zero-order valence-electron chi connectivity index (χ0n) is 8.66. The molecule has 0 amide bonds. The fourth-order valence-corrected chi connectivity index (χ4v) is 1.87. The van der Waals surface area contributed by atoms with Crippen molar-refractivity contribution in [3.8, 4) is 0 Å². The summed E-state index contributed by atoms with van der Waals surface area (Å²) < 4.78 is 27.4. The Bertz CT molecular complexity index is 451. The van der Waals surface area contributed by atoms with E-state index in [1.54, 1.807) is 6.07 Å². The van der Waals surface area contributed by atoms with Gasteiger partial charge in [-0.3, -0.25) is 4.79 Å². The molecular weight excluding hydrogens is 232 g/mol. The van der Waals surface area contributed by atoms with Crippen LogP contribution in [0.3, 0.4) is 0 Å². The van der Waals surface area contributed by atoms with E-state index in [2.05, 4.69) is 4.18 Å². The van der Waals surface area contributed by atoms with Gasteiger partial charge in [0.25, 0.3) is 0 Å². The van der Waals surface area contributed by atoms with Crippen LogP contribution in [0.1, 0.15) is 6.92 Å². The van der Waals surface area contributed by atoms with Crippen molar-refractivity contribution in [3.05, 3.63) is 30.3 Å². The first-order valence-corrected chi connectivity index (χ1v) is 6.02. The van der Waals surface area contributed by atoms with Crippen molar-refractivity contribution in [1.82, 2.24) is 0 Å². The van der Waals surface area contributed by atoms with Crippen LogP contribution in [0.25, 0.3) is 0 Å². The Kier molecular flexibility index (Phi) is 4.03. The molecule has 0 saturated heterocycles. The van der Waals surface area contributed by atoms with Crippen LogP contribution in [-0.2, 0) is 19.1 Å². The van der Waals surface area contributed by atoms with Gasteiger partial charge >= 0.3 is 16.1 Å². The van der Waals surface area contributed by atoms with E-state index in [0.29, 0.717) is 0 Å². The van der Waals surface area contributed by atoms with Crippen molar-refractivity contribution in [3.63, 3.8) is 0 Å². The zero-order chi connectivity index (χ0) is 12.2. The van der Waals surface area contributed by atoms with E-state index in [0.717, 1.165) is 0 Å². The molecule has 1 rings (SSSR count). The molecule has 0 aliphatic carbocycles. The monoisotopic (exact) mass is 244 g/mol. The fourth-order valence-electron chi connectivity index (χ4n) is 0.900. The van der Waals surface area contributed by atoms with Gasteiger partial charge in [-0.1, -0.05) is 18.2 Å². The van der Waals surface area contributed by atoms with Gasteiger partial charge in [0.2, 0.25) is 0 Å². The molecule has 6 heteroatoms. The molecule has 1 unspecified atom stereocenters. The van der Waals surface area contributed by atoms with Crippen LogP contribution in [0.5, 0.6) is 0 Å². The third-order valence-electron chi connectivity index (χ3n) is 1.90. The lowest BCUT2D eigenvalue weighted by Gasteiger charge is -2.08. The summed E-state index contributed by atoms with van der Waals surface area (Å²) in [6, 6.07) is 7.35. The van der Waals surface area contributed by atoms with Crippen LogP contribution in [-0.4, -0.2) is 26.1 Å². The highest BCUT2D eigenvalue weighted by Gasteiger charge is 2.23. The maximum absolute atomic E-state index is 11.5. The number of rotatable bonds is 4. The molecule has 0 spiro atoms. The molecule has 0 bridgehead atoms. The highest BCUT2D eigenvalue weighted by atomic mass is 32.2. The number of carbonyl (C=O) groups is 1. The van der Waals surface area contributed by atoms with Crippen molar-refractivity contribution in [2.75, 3.05) is 6.61 Å². The summed E-state index contributed by atoms with van der Waals surface area (Å²) in [5, 5.41) is 8.68.